The molecule has 0 saturated heterocycles. The normalized spacial score (nSPS) is 10.5. The quantitative estimate of drug-likeness (QED) is 0.529. The molecule has 0 fully saturated rings. The van der Waals surface area contributed by atoms with Crippen LogP contribution in [0, 0.1) is 0 Å². The molecule has 0 aliphatic heterocycles. The minimum atomic E-state index is 0.473. The van der Waals surface area contributed by atoms with Crippen LogP contribution in [-0.4, -0.2) is 7.11 Å². The van der Waals surface area contributed by atoms with Crippen LogP contribution in [-0.2, 0) is 13.0 Å². The van der Waals surface area contributed by atoms with E-state index in [9.17, 15) is 0 Å². The third-order valence-corrected chi connectivity index (χ3v) is 4.45. The van der Waals surface area contributed by atoms with Crippen molar-refractivity contribution in [1.29, 1.82) is 0 Å². The number of ether oxygens (including phenoxy) is 2. The average molecular weight is 353 g/mol. The fourth-order valence-corrected chi connectivity index (χ4v) is 2.84. The molecule has 0 heterocycles. The molecule has 3 aromatic rings. The van der Waals surface area contributed by atoms with Gasteiger partial charge in [0.2, 0.25) is 0 Å². The number of hydrogen-bond donors (Lipinski definition) is 0. The smallest absolute Gasteiger partial charge is 0.119 e. The molecule has 2 nitrogen and oxygen atoms in total. The number of halogens is 1. The van der Waals surface area contributed by atoms with Crippen molar-refractivity contribution < 1.29 is 9.47 Å². The lowest BCUT2D eigenvalue weighted by Crippen LogP contribution is -1.99. The largest absolute Gasteiger partial charge is 0.497 e. The lowest BCUT2D eigenvalue weighted by molar-refractivity contribution is 0.305. The molecular formula is C22H21ClO2. The van der Waals surface area contributed by atoms with Gasteiger partial charge in [0.1, 0.15) is 18.1 Å². The van der Waals surface area contributed by atoms with E-state index in [-0.39, 0.29) is 0 Å². The second-order valence-corrected chi connectivity index (χ2v) is 6.25. The Labute approximate surface area is 154 Å². The summed E-state index contributed by atoms with van der Waals surface area (Å²) < 4.78 is 11.4. The van der Waals surface area contributed by atoms with E-state index in [4.69, 9.17) is 21.1 Å². The van der Waals surface area contributed by atoms with Gasteiger partial charge in [-0.2, -0.15) is 0 Å². The van der Waals surface area contributed by atoms with Crippen LogP contribution in [0.15, 0.2) is 66.7 Å². The molecule has 0 aliphatic rings. The first-order chi connectivity index (χ1) is 12.2. The molecule has 128 valence electrons. The van der Waals surface area contributed by atoms with E-state index in [0.29, 0.717) is 6.61 Å². The van der Waals surface area contributed by atoms with Gasteiger partial charge in [-0.05, 0) is 59.5 Å². The van der Waals surface area contributed by atoms with Gasteiger partial charge in [0.05, 0.1) is 7.11 Å². The van der Waals surface area contributed by atoms with Crippen molar-refractivity contribution >= 4 is 11.6 Å². The SMILES string of the molecule is CCc1ccc(OCc2cc(OC)ccc2-c2ccc(Cl)cc2)cc1. The van der Waals surface area contributed by atoms with Gasteiger partial charge in [-0.1, -0.05) is 48.9 Å². The minimum absolute atomic E-state index is 0.473. The highest BCUT2D eigenvalue weighted by molar-refractivity contribution is 6.30. The van der Waals surface area contributed by atoms with Gasteiger partial charge in [0.15, 0.2) is 0 Å². The average Bonchev–Trinajstić information content (AvgIpc) is 2.67. The Morgan fingerprint density at radius 3 is 2.16 bits per heavy atom. The Balaban J connectivity index is 1.86. The third kappa shape index (κ3) is 4.34. The molecule has 0 radical (unpaired) electrons. The maximum absolute atomic E-state index is 6.01. The zero-order valence-corrected chi connectivity index (χ0v) is 15.2. The molecule has 3 rings (SSSR count). The maximum atomic E-state index is 6.01. The van der Waals surface area contributed by atoms with Crippen LogP contribution in [0.2, 0.25) is 5.02 Å². The molecule has 3 heteroatoms. The van der Waals surface area contributed by atoms with E-state index < -0.39 is 0 Å². The van der Waals surface area contributed by atoms with E-state index in [1.807, 2.05) is 48.5 Å². The molecule has 0 unspecified atom stereocenters. The standard InChI is InChI=1S/C22H21ClO2/c1-3-16-4-10-20(11-5-16)25-15-18-14-21(24-2)12-13-22(18)17-6-8-19(23)9-7-17/h4-14H,3,15H2,1-2H3. The number of methoxy groups -OCH3 is 1. The van der Waals surface area contributed by atoms with Crippen molar-refractivity contribution in [3.8, 4) is 22.6 Å². The van der Waals surface area contributed by atoms with E-state index >= 15 is 0 Å². The predicted molar refractivity (Wildman–Crippen MR) is 104 cm³/mol. The molecule has 25 heavy (non-hydrogen) atoms. The Kier molecular flexibility index (Phi) is 5.62. The van der Waals surface area contributed by atoms with Gasteiger partial charge in [0, 0.05) is 10.6 Å². The van der Waals surface area contributed by atoms with E-state index in [2.05, 4.69) is 25.1 Å². The first-order valence-corrected chi connectivity index (χ1v) is 8.72. The van der Waals surface area contributed by atoms with Crippen LogP contribution in [0.25, 0.3) is 11.1 Å². The summed E-state index contributed by atoms with van der Waals surface area (Å²) in [6, 6.07) is 22.1. The molecule has 0 aromatic heterocycles. The summed E-state index contributed by atoms with van der Waals surface area (Å²) in [5.74, 6) is 1.68. The fourth-order valence-electron chi connectivity index (χ4n) is 2.71. The van der Waals surface area contributed by atoms with Crippen molar-refractivity contribution in [2.24, 2.45) is 0 Å². The van der Waals surface area contributed by atoms with Crippen LogP contribution in [0.1, 0.15) is 18.1 Å². The summed E-state index contributed by atoms with van der Waals surface area (Å²) in [4.78, 5) is 0. The molecule has 0 aliphatic carbocycles. The zero-order valence-electron chi connectivity index (χ0n) is 14.5. The summed E-state index contributed by atoms with van der Waals surface area (Å²) in [6.45, 7) is 2.62. The van der Waals surface area contributed by atoms with Gasteiger partial charge in [0.25, 0.3) is 0 Å². The minimum Gasteiger partial charge on any atom is -0.497 e. The lowest BCUT2D eigenvalue weighted by atomic mass is 10.00. The first-order valence-electron chi connectivity index (χ1n) is 8.34. The van der Waals surface area contributed by atoms with Gasteiger partial charge in [-0.15, -0.1) is 0 Å². The van der Waals surface area contributed by atoms with Gasteiger partial charge >= 0.3 is 0 Å². The van der Waals surface area contributed by atoms with Crippen LogP contribution in [0.5, 0.6) is 11.5 Å². The highest BCUT2D eigenvalue weighted by atomic mass is 35.5. The Hall–Kier alpha value is -2.45. The highest BCUT2D eigenvalue weighted by Gasteiger charge is 2.08. The molecule has 0 bridgehead atoms. The maximum Gasteiger partial charge on any atom is 0.119 e. The molecule has 0 atom stereocenters. The molecule has 3 aromatic carbocycles. The number of benzene rings is 3. The van der Waals surface area contributed by atoms with Crippen LogP contribution < -0.4 is 9.47 Å². The van der Waals surface area contributed by atoms with Crippen LogP contribution in [0.3, 0.4) is 0 Å². The van der Waals surface area contributed by atoms with Crippen molar-refractivity contribution in [2.75, 3.05) is 7.11 Å². The molecule has 0 saturated carbocycles. The van der Waals surface area contributed by atoms with Crippen LogP contribution >= 0.6 is 11.6 Å². The molecular weight excluding hydrogens is 332 g/mol. The second kappa shape index (κ2) is 8.09. The summed E-state index contributed by atoms with van der Waals surface area (Å²) in [6.07, 6.45) is 1.02. The van der Waals surface area contributed by atoms with Gasteiger partial charge in [-0.3, -0.25) is 0 Å². The van der Waals surface area contributed by atoms with Crippen molar-refractivity contribution in [3.63, 3.8) is 0 Å². The number of hydrogen-bond acceptors (Lipinski definition) is 2. The highest BCUT2D eigenvalue weighted by Crippen LogP contribution is 2.29. The van der Waals surface area contributed by atoms with Crippen LogP contribution in [0.4, 0.5) is 0 Å². The zero-order chi connectivity index (χ0) is 17.6. The topological polar surface area (TPSA) is 18.5 Å². The third-order valence-electron chi connectivity index (χ3n) is 4.19. The van der Waals surface area contributed by atoms with E-state index in [1.165, 1.54) is 5.56 Å². The summed E-state index contributed by atoms with van der Waals surface area (Å²) >= 11 is 6.01. The van der Waals surface area contributed by atoms with Crippen molar-refractivity contribution in [2.45, 2.75) is 20.0 Å². The Bertz CT molecular complexity index is 824. The molecule has 0 N–H and O–H groups in total. The fraction of sp³-hybridized carbons (Fsp3) is 0.182. The molecule has 0 spiro atoms. The first kappa shape index (κ1) is 17.4. The van der Waals surface area contributed by atoms with E-state index in [0.717, 1.165) is 39.6 Å². The Morgan fingerprint density at radius 2 is 1.52 bits per heavy atom. The van der Waals surface area contributed by atoms with Gasteiger partial charge in [-0.25, -0.2) is 0 Å². The Morgan fingerprint density at radius 1 is 0.840 bits per heavy atom. The lowest BCUT2D eigenvalue weighted by Gasteiger charge is -2.13. The monoisotopic (exact) mass is 352 g/mol. The molecule has 0 amide bonds. The van der Waals surface area contributed by atoms with Crippen molar-refractivity contribution in [3.05, 3.63) is 82.9 Å². The van der Waals surface area contributed by atoms with E-state index in [1.54, 1.807) is 7.11 Å². The predicted octanol–water partition coefficient (Wildman–Crippen LogP) is 6.16. The summed E-state index contributed by atoms with van der Waals surface area (Å²) in [7, 11) is 1.67. The summed E-state index contributed by atoms with van der Waals surface area (Å²) in [5, 5.41) is 0.728. The number of rotatable bonds is 6. The second-order valence-electron chi connectivity index (χ2n) is 5.82. The summed E-state index contributed by atoms with van der Waals surface area (Å²) in [5.41, 5.74) is 4.59. The van der Waals surface area contributed by atoms with Gasteiger partial charge < -0.3 is 9.47 Å². The number of aryl methyl sites for hydroxylation is 1. The van der Waals surface area contributed by atoms with Crippen molar-refractivity contribution in [1.82, 2.24) is 0 Å².